The Bertz CT molecular complexity index is 399. The fourth-order valence-corrected chi connectivity index (χ4v) is 1.95. The highest BCUT2D eigenvalue weighted by atomic mass is 15.2. The van der Waals surface area contributed by atoms with Gasteiger partial charge in [-0.15, -0.1) is 0 Å². The van der Waals surface area contributed by atoms with Gasteiger partial charge in [-0.05, 0) is 38.5 Å². The van der Waals surface area contributed by atoms with E-state index in [2.05, 4.69) is 50.0 Å². The molecule has 0 atom stereocenters. The van der Waals surface area contributed by atoms with E-state index in [9.17, 15) is 0 Å². The second-order valence-electron chi connectivity index (χ2n) is 5.00. The number of rotatable bonds is 0. The second-order valence-corrected chi connectivity index (χ2v) is 5.00. The van der Waals surface area contributed by atoms with Crippen LogP contribution >= 0.6 is 0 Å². The van der Waals surface area contributed by atoms with E-state index in [0.29, 0.717) is 0 Å². The number of fused-ring (bicyclic) bond motifs is 1. The molecule has 0 amide bonds. The molecule has 0 radical (unpaired) electrons. The fourth-order valence-electron chi connectivity index (χ4n) is 1.95. The van der Waals surface area contributed by atoms with Crippen molar-refractivity contribution in [1.29, 1.82) is 0 Å². The predicted octanol–water partition coefficient (Wildman–Crippen LogP) is 2.90. The van der Waals surface area contributed by atoms with Crippen LogP contribution in [-0.4, -0.2) is 12.1 Å². The van der Waals surface area contributed by atoms with Crippen LogP contribution < -0.4 is 10.6 Å². The van der Waals surface area contributed by atoms with Gasteiger partial charge in [0.1, 0.15) is 0 Å². The molecular formula is C13H18N2. The van der Waals surface area contributed by atoms with Gasteiger partial charge in [-0.2, -0.15) is 0 Å². The largest absolute Gasteiger partial charge is 0.399 e. The lowest BCUT2D eigenvalue weighted by Crippen LogP contribution is -2.42. The molecule has 1 aromatic carbocycles. The van der Waals surface area contributed by atoms with Crippen LogP contribution in [0.1, 0.15) is 26.3 Å². The van der Waals surface area contributed by atoms with Gasteiger partial charge in [-0.1, -0.05) is 18.2 Å². The highest BCUT2D eigenvalue weighted by Crippen LogP contribution is 2.32. The summed E-state index contributed by atoms with van der Waals surface area (Å²) in [6, 6.07) is 6.10. The van der Waals surface area contributed by atoms with E-state index in [1.165, 1.54) is 11.3 Å². The Morgan fingerprint density at radius 2 is 2.00 bits per heavy atom. The van der Waals surface area contributed by atoms with Gasteiger partial charge in [0.15, 0.2) is 0 Å². The van der Waals surface area contributed by atoms with E-state index in [4.69, 9.17) is 5.73 Å². The molecule has 0 unspecified atom stereocenters. The average molecular weight is 202 g/mol. The quantitative estimate of drug-likeness (QED) is 0.655. The third-order valence-corrected chi connectivity index (χ3v) is 2.74. The molecule has 0 saturated heterocycles. The van der Waals surface area contributed by atoms with Gasteiger partial charge in [0.25, 0.3) is 0 Å². The van der Waals surface area contributed by atoms with Crippen molar-refractivity contribution in [3.8, 4) is 0 Å². The number of nitrogens with two attached hydrogens (primary N) is 1. The minimum absolute atomic E-state index is 0.132. The summed E-state index contributed by atoms with van der Waals surface area (Å²) in [5.74, 6) is 0. The molecular weight excluding hydrogens is 184 g/mol. The van der Waals surface area contributed by atoms with Crippen molar-refractivity contribution in [2.45, 2.75) is 26.3 Å². The van der Waals surface area contributed by atoms with Crippen molar-refractivity contribution >= 4 is 17.5 Å². The Morgan fingerprint density at radius 1 is 1.27 bits per heavy atom. The van der Waals surface area contributed by atoms with Crippen molar-refractivity contribution in [3.05, 3.63) is 29.8 Å². The van der Waals surface area contributed by atoms with E-state index >= 15 is 0 Å². The van der Waals surface area contributed by atoms with Crippen LogP contribution in [0.2, 0.25) is 0 Å². The molecule has 1 aliphatic rings. The molecule has 15 heavy (non-hydrogen) atoms. The summed E-state index contributed by atoms with van der Waals surface area (Å²) in [6.45, 7) is 7.62. The minimum atomic E-state index is 0.132. The van der Waals surface area contributed by atoms with Gasteiger partial charge >= 0.3 is 0 Å². The number of hydrogen-bond acceptors (Lipinski definition) is 2. The number of benzene rings is 1. The van der Waals surface area contributed by atoms with Gasteiger partial charge in [0, 0.05) is 23.5 Å². The molecule has 1 aromatic rings. The summed E-state index contributed by atoms with van der Waals surface area (Å²) < 4.78 is 0. The zero-order valence-electron chi connectivity index (χ0n) is 9.62. The van der Waals surface area contributed by atoms with Crippen LogP contribution in [0.5, 0.6) is 0 Å². The highest BCUT2D eigenvalue weighted by molar-refractivity contribution is 5.75. The van der Waals surface area contributed by atoms with E-state index in [0.717, 1.165) is 12.2 Å². The Hall–Kier alpha value is -1.44. The average Bonchev–Trinajstić information content (AvgIpc) is 2.15. The first-order valence-electron chi connectivity index (χ1n) is 5.32. The molecule has 2 N–H and O–H groups in total. The van der Waals surface area contributed by atoms with Crippen molar-refractivity contribution < 1.29 is 0 Å². The standard InChI is InChI=1S/C13H18N2/c1-13(2,3)15-8-4-5-10-6-7-11(14)9-12(10)15/h4-7,9H,8,14H2,1-3H3. The molecule has 2 nitrogen and oxygen atoms in total. The molecule has 0 aliphatic carbocycles. The lowest BCUT2D eigenvalue weighted by Gasteiger charge is -2.39. The first-order chi connectivity index (χ1) is 6.98. The molecule has 2 heteroatoms. The van der Waals surface area contributed by atoms with Gasteiger partial charge in [0.2, 0.25) is 0 Å². The zero-order valence-corrected chi connectivity index (χ0v) is 9.62. The molecule has 1 heterocycles. The van der Waals surface area contributed by atoms with E-state index < -0.39 is 0 Å². The number of anilines is 2. The molecule has 0 bridgehead atoms. The Balaban J connectivity index is 2.50. The molecule has 0 saturated carbocycles. The maximum Gasteiger partial charge on any atom is 0.0467 e. The van der Waals surface area contributed by atoms with E-state index in [-0.39, 0.29) is 5.54 Å². The topological polar surface area (TPSA) is 29.3 Å². The number of hydrogen-bond donors (Lipinski definition) is 1. The molecule has 0 spiro atoms. The normalized spacial score (nSPS) is 15.3. The van der Waals surface area contributed by atoms with Crippen molar-refractivity contribution in [3.63, 3.8) is 0 Å². The maximum atomic E-state index is 5.84. The minimum Gasteiger partial charge on any atom is -0.399 e. The molecule has 1 aliphatic heterocycles. The predicted molar refractivity (Wildman–Crippen MR) is 67.0 cm³/mol. The molecule has 80 valence electrons. The van der Waals surface area contributed by atoms with Crippen molar-refractivity contribution in [2.24, 2.45) is 0 Å². The van der Waals surface area contributed by atoms with Crippen LogP contribution in [-0.2, 0) is 0 Å². The van der Waals surface area contributed by atoms with E-state index in [1.54, 1.807) is 0 Å². The van der Waals surface area contributed by atoms with Crippen LogP contribution in [0, 0.1) is 0 Å². The van der Waals surface area contributed by atoms with Gasteiger partial charge in [0.05, 0.1) is 0 Å². The summed E-state index contributed by atoms with van der Waals surface area (Å²) in [7, 11) is 0. The number of nitrogens with zero attached hydrogens (tertiary/aromatic N) is 1. The van der Waals surface area contributed by atoms with Gasteiger partial charge in [-0.3, -0.25) is 0 Å². The Labute approximate surface area is 91.4 Å². The smallest absolute Gasteiger partial charge is 0.0467 e. The zero-order chi connectivity index (χ0) is 11.1. The molecule has 2 rings (SSSR count). The van der Waals surface area contributed by atoms with Crippen LogP contribution in [0.15, 0.2) is 24.3 Å². The summed E-state index contributed by atoms with van der Waals surface area (Å²) >= 11 is 0. The van der Waals surface area contributed by atoms with Crippen LogP contribution in [0.3, 0.4) is 0 Å². The lowest BCUT2D eigenvalue weighted by molar-refractivity contribution is 0.521. The third kappa shape index (κ3) is 1.84. The van der Waals surface area contributed by atoms with Crippen LogP contribution in [0.4, 0.5) is 11.4 Å². The maximum absolute atomic E-state index is 5.84. The molecule has 0 fully saturated rings. The SMILES string of the molecule is CC(C)(C)N1CC=Cc2ccc(N)cc21. The van der Waals surface area contributed by atoms with Gasteiger partial charge in [-0.25, -0.2) is 0 Å². The summed E-state index contributed by atoms with van der Waals surface area (Å²) in [4.78, 5) is 2.37. The molecule has 0 aromatic heterocycles. The summed E-state index contributed by atoms with van der Waals surface area (Å²) in [6.07, 6.45) is 4.36. The van der Waals surface area contributed by atoms with Crippen LogP contribution in [0.25, 0.3) is 6.08 Å². The first kappa shape index (κ1) is 10.1. The lowest BCUT2D eigenvalue weighted by atomic mass is 9.99. The summed E-state index contributed by atoms with van der Waals surface area (Å²) in [5, 5.41) is 0. The number of nitrogen functional groups attached to an aromatic ring is 1. The Morgan fingerprint density at radius 3 is 2.67 bits per heavy atom. The summed E-state index contributed by atoms with van der Waals surface area (Å²) in [5.41, 5.74) is 9.30. The monoisotopic (exact) mass is 202 g/mol. The first-order valence-corrected chi connectivity index (χ1v) is 5.32. The fraction of sp³-hybridized carbons (Fsp3) is 0.385. The van der Waals surface area contributed by atoms with Gasteiger partial charge < -0.3 is 10.6 Å². The third-order valence-electron chi connectivity index (χ3n) is 2.74. The van der Waals surface area contributed by atoms with Crippen molar-refractivity contribution in [2.75, 3.05) is 17.2 Å². The highest BCUT2D eigenvalue weighted by Gasteiger charge is 2.24. The van der Waals surface area contributed by atoms with Crippen molar-refractivity contribution in [1.82, 2.24) is 0 Å². The second kappa shape index (κ2) is 3.30. The van der Waals surface area contributed by atoms with E-state index in [1.807, 2.05) is 6.07 Å². The Kier molecular flexibility index (Phi) is 2.22.